The second kappa shape index (κ2) is 5.15. The minimum Gasteiger partial charge on any atom is -0.234 e. The molecule has 21 heavy (non-hydrogen) atoms. The maximum Gasteiger partial charge on any atom is 0.653 e. The maximum absolute atomic E-state index is 13.0. The quantitative estimate of drug-likeness (QED) is 0.435. The van der Waals surface area contributed by atoms with Gasteiger partial charge in [-0.1, -0.05) is 0 Å². The molecule has 0 aromatic heterocycles. The van der Waals surface area contributed by atoms with Crippen LogP contribution in [-0.4, -0.2) is 27.2 Å². The zero-order chi connectivity index (χ0) is 17.0. The highest BCUT2D eigenvalue weighted by Gasteiger charge is 2.56. The molecule has 0 aliphatic rings. The lowest BCUT2D eigenvalue weighted by Crippen LogP contribution is -2.60. The van der Waals surface area contributed by atoms with Crippen molar-refractivity contribution in [3.05, 3.63) is 16.7 Å². The van der Waals surface area contributed by atoms with E-state index in [9.17, 15) is 37.0 Å². The van der Waals surface area contributed by atoms with Gasteiger partial charge in [-0.2, -0.15) is 0 Å². The van der Waals surface area contributed by atoms with Gasteiger partial charge in [0.1, 0.15) is 0 Å². The van der Waals surface area contributed by atoms with Gasteiger partial charge in [0.05, 0.1) is 0 Å². The number of rotatable bonds is 3. The van der Waals surface area contributed by atoms with E-state index in [1.165, 1.54) is 0 Å². The lowest BCUT2D eigenvalue weighted by Gasteiger charge is -2.23. The Morgan fingerprint density at radius 1 is 0.429 bits per heavy atom. The fourth-order valence-electron chi connectivity index (χ4n) is 2.29. The first kappa shape index (κ1) is 18.3. The molecule has 120 valence electrons. The largest absolute Gasteiger partial charge is 0.653 e. The lowest BCUT2D eigenvalue weighted by atomic mass is 10.1. The van der Waals surface area contributed by atoms with Gasteiger partial charge in [0.15, 0.2) is 0 Å². The molecule has 0 heterocycles. The third-order valence-corrected chi connectivity index (χ3v) is 7.11. The summed E-state index contributed by atoms with van der Waals surface area (Å²) in [7, 11) is -20.6. The molecule has 1 aromatic rings. The SMILES string of the molecule is Cc1c(C)c([Si](F)(F)F)c([Si](F)(F)F)c(C)c1[Si](F)(F)F. The topological polar surface area (TPSA) is 0 Å². The van der Waals surface area contributed by atoms with Crippen LogP contribution in [0.3, 0.4) is 0 Å². The Bertz CT molecular complexity index is 568. The number of hydrogen-bond acceptors (Lipinski definition) is 0. The molecule has 0 spiro atoms. The Morgan fingerprint density at radius 3 is 0.952 bits per heavy atom. The van der Waals surface area contributed by atoms with Gasteiger partial charge in [0.2, 0.25) is 0 Å². The molecule has 0 amide bonds. The summed E-state index contributed by atoms with van der Waals surface area (Å²) >= 11 is 0. The van der Waals surface area contributed by atoms with Crippen LogP contribution in [0.2, 0.25) is 0 Å². The molecule has 0 radical (unpaired) electrons. The van der Waals surface area contributed by atoms with Crippen molar-refractivity contribution in [2.24, 2.45) is 0 Å². The van der Waals surface area contributed by atoms with E-state index in [0.29, 0.717) is 13.8 Å². The van der Waals surface area contributed by atoms with Crippen LogP contribution in [-0.2, 0) is 0 Å². The van der Waals surface area contributed by atoms with Gasteiger partial charge in [-0.15, -0.1) is 0 Å². The van der Waals surface area contributed by atoms with Crippen molar-refractivity contribution < 1.29 is 37.0 Å². The van der Waals surface area contributed by atoms with E-state index < -0.39 is 59.5 Å². The molecule has 0 unspecified atom stereocenters. The van der Waals surface area contributed by atoms with Crippen molar-refractivity contribution >= 4 is 42.8 Å². The molecule has 12 heteroatoms. The predicted molar refractivity (Wildman–Crippen MR) is 66.8 cm³/mol. The average molecular weight is 372 g/mol. The van der Waals surface area contributed by atoms with Crippen molar-refractivity contribution in [3.63, 3.8) is 0 Å². The summed E-state index contributed by atoms with van der Waals surface area (Å²) in [6.45, 7) is 1.96. The molecule has 0 N–H and O–H groups in total. The minimum absolute atomic E-state index is 0.488. The summed E-state index contributed by atoms with van der Waals surface area (Å²) < 4.78 is 117. The zero-order valence-corrected chi connectivity index (χ0v) is 13.9. The smallest absolute Gasteiger partial charge is 0.234 e. The van der Waals surface area contributed by atoms with Crippen LogP contribution in [0.5, 0.6) is 0 Å². The molecular weight excluding hydrogens is 363 g/mol. The first-order chi connectivity index (χ1) is 9.10. The van der Waals surface area contributed by atoms with Crippen LogP contribution in [0, 0.1) is 20.8 Å². The Labute approximate surface area is 118 Å². The second-order valence-corrected chi connectivity index (χ2v) is 8.98. The molecular formula is C9H9F9Si3. The fourth-order valence-corrected chi connectivity index (χ4v) is 6.53. The summed E-state index contributed by atoms with van der Waals surface area (Å²) in [5, 5.41) is -5.38. The molecule has 0 atom stereocenters. The van der Waals surface area contributed by atoms with Gasteiger partial charge in [-0.3, -0.25) is 0 Å². The van der Waals surface area contributed by atoms with Gasteiger partial charge >= 0.3 is 27.2 Å². The highest BCUT2D eigenvalue weighted by atomic mass is 28.5. The normalized spacial score (nSPS) is 13.7. The standard InChI is InChI=1S/C9H9F9Si3/c1-4-5(2)8(20(13,14)15)9(21(16,17)18)6(3)7(4)19(10,11)12/h1-3H3. The van der Waals surface area contributed by atoms with Crippen LogP contribution in [0.4, 0.5) is 37.0 Å². The second-order valence-electron chi connectivity index (χ2n) is 4.49. The van der Waals surface area contributed by atoms with Crippen molar-refractivity contribution in [2.45, 2.75) is 20.8 Å². The van der Waals surface area contributed by atoms with Crippen molar-refractivity contribution in [1.29, 1.82) is 0 Å². The van der Waals surface area contributed by atoms with E-state index >= 15 is 0 Å². The molecule has 0 bridgehead atoms. The molecule has 0 fully saturated rings. The lowest BCUT2D eigenvalue weighted by molar-refractivity contribution is 0.489. The van der Waals surface area contributed by atoms with Gasteiger partial charge in [0.25, 0.3) is 0 Å². The summed E-state index contributed by atoms with van der Waals surface area (Å²) in [6.07, 6.45) is 0. The summed E-state index contributed by atoms with van der Waals surface area (Å²) in [4.78, 5) is 0. The molecule has 0 saturated carbocycles. The first-order valence-electron chi connectivity index (χ1n) is 5.45. The monoisotopic (exact) mass is 372 g/mol. The zero-order valence-electron chi connectivity index (χ0n) is 10.9. The molecule has 0 saturated heterocycles. The molecule has 1 aromatic carbocycles. The highest BCUT2D eigenvalue weighted by Crippen LogP contribution is 2.23. The van der Waals surface area contributed by atoms with Crippen LogP contribution < -0.4 is 15.6 Å². The van der Waals surface area contributed by atoms with Gasteiger partial charge in [-0.25, -0.2) is 37.0 Å². The molecule has 1 rings (SSSR count). The van der Waals surface area contributed by atoms with Crippen molar-refractivity contribution in [2.75, 3.05) is 0 Å². The van der Waals surface area contributed by atoms with E-state index in [-0.39, 0.29) is 0 Å². The predicted octanol–water partition coefficient (Wildman–Crippen LogP) is 2.78. The fraction of sp³-hybridized carbons (Fsp3) is 0.333. The van der Waals surface area contributed by atoms with E-state index in [1.807, 2.05) is 0 Å². The van der Waals surface area contributed by atoms with E-state index in [0.717, 1.165) is 6.92 Å². The Balaban J connectivity index is 4.05. The Kier molecular flexibility index (Phi) is 4.49. The van der Waals surface area contributed by atoms with Crippen LogP contribution in [0.25, 0.3) is 0 Å². The minimum atomic E-state index is -7.06. The van der Waals surface area contributed by atoms with Gasteiger partial charge in [-0.05, 0) is 37.5 Å². The number of hydrogen-bond donors (Lipinski definition) is 0. The summed E-state index contributed by atoms with van der Waals surface area (Å²) in [5.74, 6) is 0. The van der Waals surface area contributed by atoms with E-state index in [1.54, 1.807) is 0 Å². The average Bonchev–Trinajstić information content (AvgIpc) is 2.17. The third kappa shape index (κ3) is 3.36. The van der Waals surface area contributed by atoms with E-state index in [2.05, 4.69) is 0 Å². The summed E-state index contributed by atoms with van der Waals surface area (Å²) in [6, 6.07) is 0. The number of benzene rings is 1. The molecule has 0 aliphatic heterocycles. The van der Waals surface area contributed by atoms with Gasteiger partial charge < -0.3 is 0 Å². The summed E-state index contributed by atoms with van der Waals surface area (Å²) in [5.41, 5.74) is -3.00. The number of halogens is 9. The Hall–Kier alpha value is -0.759. The van der Waals surface area contributed by atoms with E-state index in [4.69, 9.17) is 0 Å². The van der Waals surface area contributed by atoms with Crippen LogP contribution >= 0.6 is 0 Å². The molecule has 0 nitrogen and oxygen atoms in total. The first-order valence-corrected chi connectivity index (χ1v) is 10.4. The Morgan fingerprint density at radius 2 is 0.667 bits per heavy atom. The van der Waals surface area contributed by atoms with Crippen molar-refractivity contribution in [1.82, 2.24) is 0 Å². The van der Waals surface area contributed by atoms with Gasteiger partial charge in [0, 0.05) is 15.6 Å². The molecule has 0 aliphatic carbocycles. The highest BCUT2D eigenvalue weighted by molar-refractivity contribution is 6.86. The van der Waals surface area contributed by atoms with Crippen molar-refractivity contribution in [3.8, 4) is 0 Å². The third-order valence-electron chi connectivity index (χ3n) is 3.16. The maximum atomic E-state index is 13.0. The van der Waals surface area contributed by atoms with Crippen LogP contribution in [0.1, 0.15) is 16.7 Å². The van der Waals surface area contributed by atoms with Crippen LogP contribution in [0.15, 0.2) is 0 Å².